The van der Waals surface area contributed by atoms with E-state index in [1.165, 1.54) is 24.2 Å². The monoisotopic (exact) mass is 355 g/mol. The SMILES string of the molecule is N#CC1(NC(=O)CN2CCC[C@H]2c2nc3c([nH]2)CCCC3)CCCCC1. The first-order valence-corrected chi connectivity index (χ1v) is 10.2. The van der Waals surface area contributed by atoms with Crippen LogP contribution in [-0.4, -0.2) is 39.4 Å². The van der Waals surface area contributed by atoms with E-state index in [0.29, 0.717) is 6.54 Å². The Morgan fingerprint density at radius 3 is 2.81 bits per heavy atom. The molecule has 1 saturated heterocycles. The molecule has 1 saturated carbocycles. The summed E-state index contributed by atoms with van der Waals surface area (Å²) in [6, 6.07) is 2.58. The lowest BCUT2D eigenvalue weighted by atomic mass is 9.83. The van der Waals surface area contributed by atoms with Crippen molar-refractivity contribution in [3.8, 4) is 6.07 Å². The number of imidazole rings is 1. The van der Waals surface area contributed by atoms with Gasteiger partial charge in [0.25, 0.3) is 0 Å². The number of aromatic amines is 1. The molecule has 1 aliphatic heterocycles. The quantitative estimate of drug-likeness (QED) is 0.870. The van der Waals surface area contributed by atoms with Crippen LogP contribution in [0.5, 0.6) is 0 Å². The third-order valence-electron chi connectivity index (χ3n) is 6.30. The van der Waals surface area contributed by atoms with Gasteiger partial charge in [0, 0.05) is 5.69 Å². The predicted octanol–water partition coefficient (Wildman–Crippen LogP) is 2.77. The van der Waals surface area contributed by atoms with Gasteiger partial charge in [0.2, 0.25) is 5.91 Å². The first kappa shape index (κ1) is 17.5. The number of hydrogen-bond donors (Lipinski definition) is 2. The summed E-state index contributed by atoms with van der Waals surface area (Å²) in [5.74, 6) is 1.02. The largest absolute Gasteiger partial charge is 0.344 e. The number of fused-ring (bicyclic) bond motifs is 1. The molecule has 2 fully saturated rings. The fourth-order valence-electron chi connectivity index (χ4n) is 4.87. The van der Waals surface area contributed by atoms with Gasteiger partial charge in [0.1, 0.15) is 11.4 Å². The van der Waals surface area contributed by atoms with Gasteiger partial charge in [0.05, 0.1) is 24.3 Å². The summed E-state index contributed by atoms with van der Waals surface area (Å²) in [6.45, 7) is 1.28. The van der Waals surface area contributed by atoms with Crippen LogP contribution < -0.4 is 5.32 Å². The van der Waals surface area contributed by atoms with E-state index in [-0.39, 0.29) is 11.9 Å². The Hall–Kier alpha value is -1.87. The third-order valence-corrected chi connectivity index (χ3v) is 6.30. The molecular weight excluding hydrogens is 326 g/mol. The number of carbonyl (C=O) groups excluding carboxylic acids is 1. The first-order valence-electron chi connectivity index (χ1n) is 10.2. The van der Waals surface area contributed by atoms with Crippen molar-refractivity contribution >= 4 is 5.91 Å². The van der Waals surface area contributed by atoms with Gasteiger partial charge in [-0.1, -0.05) is 19.3 Å². The van der Waals surface area contributed by atoms with Gasteiger partial charge in [0.15, 0.2) is 0 Å². The van der Waals surface area contributed by atoms with Gasteiger partial charge >= 0.3 is 0 Å². The molecule has 0 bridgehead atoms. The van der Waals surface area contributed by atoms with E-state index in [2.05, 4.69) is 21.3 Å². The number of likely N-dealkylation sites (tertiary alicyclic amines) is 1. The maximum Gasteiger partial charge on any atom is 0.235 e. The minimum atomic E-state index is -0.645. The number of carbonyl (C=O) groups is 1. The molecule has 2 aliphatic carbocycles. The Morgan fingerprint density at radius 1 is 1.23 bits per heavy atom. The van der Waals surface area contributed by atoms with Crippen LogP contribution in [0.2, 0.25) is 0 Å². The van der Waals surface area contributed by atoms with E-state index in [4.69, 9.17) is 4.98 Å². The number of aromatic nitrogens is 2. The number of nitrogens with one attached hydrogen (secondary N) is 2. The van der Waals surface area contributed by atoms with Gasteiger partial charge in [-0.2, -0.15) is 5.26 Å². The molecule has 3 aliphatic rings. The second-order valence-electron chi connectivity index (χ2n) is 8.19. The Morgan fingerprint density at radius 2 is 2.04 bits per heavy atom. The highest BCUT2D eigenvalue weighted by Crippen LogP contribution is 2.32. The van der Waals surface area contributed by atoms with E-state index in [1.54, 1.807) is 0 Å². The fraction of sp³-hybridized carbons (Fsp3) is 0.750. The molecule has 140 valence electrons. The third kappa shape index (κ3) is 3.50. The molecule has 1 aromatic rings. The molecule has 0 spiro atoms. The van der Waals surface area contributed by atoms with Gasteiger partial charge in [-0.3, -0.25) is 9.69 Å². The summed E-state index contributed by atoms with van der Waals surface area (Å²) in [5.41, 5.74) is 1.88. The number of aryl methyl sites for hydroxylation is 2. The standard InChI is InChI=1S/C20H29N5O/c21-14-20(10-4-1-5-11-20)24-18(26)13-25-12-6-9-17(25)19-22-15-7-2-3-8-16(15)23-19/h17H,1-13H2,(H,22,23)(H,24,26)/t17-/m0/s1. The van der Waals surface area contributed by atoms with Gasteiger partial charge < -0.3 is 10.3 Å². The lowest BCUT2D eigenvalue weighted by Gasteiger charge is -2.32. The zero-order valence-corrected chi connectivity index (χ0v) is 15.5. The zero-order valence-electron chi connectivity index (χ0n) is 15.5. The molecule has 0 radical (unpaired) electrons. The maximum atomic E-state index is 12.7. The van der Waals surface area contributed by atoms with Crippen LogP contribution in [0.25, 0.3) is 0 Å². The van der Waals surface area contributed by atoms with Crippen LogP contribution in [0.4, 0.5) is 0 Å². The van der Waals surface area contributed by atoms with Crippen LogP contribution in [0.1, 0.15) is 81.0 Å². The van der Waals surface area contributed by atoms with Crippen molar-refractivity contribution in [3.05, 3.63) is 17.2 Å². The lowest BCUT2D eigenvalue weighted by molar-refractivity contribution is -0.124. The lowest BCUT2D eigenvalue weighted by Crippen LogP contribution is -2.51. The highest BCUT2D eigenvalue weighted by molar-refractivity contribution is 5.79. The molecule has 0 unspecified atom stereocenters. The summed E-state index contributed by atoms with van der Waals surface area (Å²) in [4.78, 5) is 23.3. The fourth-order valence-corrected chi connectivity index (χ4v) is 4.87. The number of nitrogens with zero attached hydrogens (tertiary/aromatic N) is 3. The number of amides is 1. The van der Waals surface area contributed by atoms with Crippen molar-refractivity contribution in [2.45, 2.75) is 82.2 Å². The number of rotatable bonds is 4. The average Bonchev–Trinajstić information content (AvgIpc) is 3.28. The molecular formula is C20H29N5O. The van der Waals surface area contributed by atoms with E-state index in [1.807, 2.05) is 0 Å². The van der Waals surface area contributed by atoms with Crippen LogP contribution in [-0.2, 0) is 17.6 Å². The minimum absolute atomic E-state index is 0.0170. The second-order valence-corrected chi connectivity index (χ2v) is 8.19. The molecule has 6 nitrogen and oxygen atoms in total. The van der Waals surface area contributed by atoms with Crippen molar-refractivity contribution in [3.63, 3.8) is 0 Å². The van der Waals surface area contributed by atoms with Gasteiger partial charge in [-0.25, -0.2) is 4.98 Å². The highest BCUT2D eigenvalue weighted by atomic mass is 16.2. The van der Waals surface area contributed by atoms with Crippen LogP contribution in [0.15, 0.2) is 0 Å². The molecule has 0 aromatic carbocycles. The number of nitriles is 1. The number of H-pyrrole nitrogens is 1. The summed E-state index contributed by atoms with van der Waals surface area (Å²) >= 11 is 0. The minimum Gasteiger partial charge on any atom is -0.344 e. The molecule has 26 heavy (non-hydrogen) atoms. The van der Waals surface area contributed by atoms with Crippen molar-refractivity contribution in [2.75, 3.05) is 13.1 Å². The number of hydrogen-bond acceptors (Lipinski definition) is 4. The zero-order chi connectivity index (χ0) is 18.0. The normalized spacial score (nSPS) is 25.4. The maximum absolute atomic E-state index is 12.7. The summed E-state index contributed by atoms with van der Waals surface area (Å²) in [6.07, 6.45) is 11.5. The molecule has 4 rings (SSSR count). The van der Waals surface area contributed by atoms with Crippen molar-refractivity contribution < 1.29 is 4.79 Å². The first-order chi connectivity index (χ1) is 12.7. The second kappa shape index (κ2) is 7.40. The summed E-state index contributed by atoms with van der Waals surface area (Å²) in [7, 11) is 0. The molecule has 2 N–H and O–H groups in total. The van der Waals surface area contributed by atoms with E-state index in [9.17, 15) is 10.1 Å². The van der Waals surface area contributed by atoms with Crippen LogP contribution >= 0.6 is 0 Å². The van der Waals surface area contributed by atoms with E-state index < -0.39 is 5.54 Å². The highest BCUT2D eigenvalue weighted by Gasteiger charge is 2.36. The van der Waals surface area contributed by atoms with Crippen LogP contribution in [0, 0.1) is 11.3 Å². The van der Waals surface area contributed by atoms with Gasteiger partial charge in [-0.15, -0.1) is 0 Å². The Bertz CT molecular complexity index is 674. The molecule has 2 heterocycles. The Labute approximate surface area is 155 Å². The molecule has 1 aromatic heterocycles. The van der Waals surface area contributed by atoms with E-state index >= 15 is 0 Å². The van der Waals surface area contributed by atoms with Crippen LogP contribution in [0.3, 0.4) is 0 Å². The van der Waals surface area contributed by atoms with E-state index in [0.717, 1.165) is 70.2 Å². The predicted molar refractivity (Wildman–Crippen MR) is 98.3 cm³/mol. The molecule has 1 atom stereocenters. The topological polar surface area (TPSA) is 84.8 Å². The molecule has 1 amide bonds. The van der Waals surface area contributed by atoms with Gasteiger partial charge in [-0.05, 0) is 57.9 Å². The molecule has 6 heteroatoms. The average molecular weight is 355 g/mol. The Kier molecular flexibility index (Phi) is 4.99. The van der Waals surface area contributed by atoms with Crippen molar-refractivity contribution in [1.29, 1.82) is 5.26 Å². The summed E-state index contributed by atoms with van der Waals surface area (Å²) < 4.78 is 0. The Balaban J connectivity index is 1.41. The van der Waals surface area contributed by atoms with Crippen molar-refractivity contribution in [2.24, 2.45) is 0 Å². The van der Waals surface area contributed by atoms with Crippen molar-refractivity contribution in [1.82, 2.24) is 20.2 Å². The summed E-state index contributed by atoms with van der Waals surface area (Å²) in [5, 5.41) is 12.6. The smallest absolute Gasteiger partial charge is 0.235 e.